The second kappa shape index (κ2) is 9.65. The van der Waals surface area contributed by atoms with E-state index in [9.17, 15) is 9.90 Å². The van der Waals surface area contributed by atoms with Crippen molar-refractivity contribution in [2.24, 2.45) is 0 Å². The molecule has 1 aliphatic heterocycles. The van der Waals surface area contributed by atoms with Crippen molar-refractivity contribution in [3.63, 3.8) is 0 Å². The van der Waals surface area contributed by atoms with Crippen LogP contribution >= 0.6 is 0 Å². The molecule has 0 bridgehead atoms. The van der Waals surface area contributed by atoms with Crippen LogP contribution in [0.3, 0.4) is 0 Å². The van der Waals surface area contributed by atoms with Crippen LogP contribution in [0.15, 0.2) is 54.7 Å². The number of carbonyl (C=O) groups is 1. The Morgan fingerprint density at radius 1 is 1.16 bits per heavy atom. The molecule has 160 valence electrons. The summed E-state index contributed by atoms with van der Waals surface area (Å²) in [6, 6.07) is 17.1. The minimum Gasteiger partial charge on any atom is -0.489 e. The number of H-pyrrole nitrogens is 1. The number of benzene rings is 2. The van der Waals surface area contributed by atoms with E-state index in [2.05, 4.69) is 16.0 Å². The first kappa shape index (κ1) is 20.9. The minimum absolute atomic E-state index is 0.457. The number of rotatable bonds is 8. The van der Waals surface area contributed by atoms with Gasteiger partial charge < -0.3 is 14.8 Å². The topological polar surface area (TPSA) is 92.6 Å². The molecule has 1 saturated heterocycles. The Kier molecular flexibility index (Phi) is 6.51. The quantitative estimate of drug-likeness (QED) is 0.582. The zero-order valence-corrected chi connectivity index (χ0v) is 17.3. The van der Waals surface area contributed by atoms with Gasteiger partial charge in [0.2, 0.25) is 0 Å². The van der Waals surface area contributed by atoms with Gasteiger partial charge in [0.1, 0.15) is 18.4 Å². The Morgan fingerprint density at radius 3 is 2.65 bits per heavy atom. The van der Waals surface area contributed by atoms with Gasteiger partial charge in [-0.1, -0.05) is 30.3 Å². The summed E-state index contributed by atoms with van der Waals surface area (Å²) in [5.41, 5.74) is 2.72. The number of aromatic amines is 1. The SMILES string of the molecule is N#CCCN1CCN([C@H](C(=O)O)c2c[nH]c3ccc(OCc4ccccc4)cc23)CC1. The average Bonchev–Trinajstić information content (AvgIpc) is 3.20. The highest BCUT2D eigenvalue weighted by atomic mass is 16.5. The molecule has 4 rings (SSSR count). The maximum absolute atomic E-state index is 12.2. The van der Waals surface area contributed by atoms with Crippen molar-refractivity contribution >= 4 is 16.9 Å². The van der Waals surface area contributed by atoms with Crippen LogP contribution in [0, 0.1) is 11.3 Å². The monoisotopic (exact) mass is 418 g/mol. The van der Waals surface area contributed by atoms with Crippen molar-refractivity contribution in [1.29, 1.82) is 5.26 Å². The molecule has 0 radical (unpaired) electrons. The third-order valence-corrected chi connectivity index (χ3v) is 5.77. The van der Waals surface area contributed by atoms with E-state index >= 15 is 0 Å². The van der Waals surface area contributed by atoms with Gasteiger partial charge in [0, 0.05) is 61.8 Å². The number of piperazine rings is 1. The predicted molar refractivity (Wildman–Crippen MR) is 118 cm³/mol. The van der Waals surface area contributed by atoms with Gasteiger partial charge in [-0.05, 0) is 23.8 Å². The summed E-state index contributed by atoms with van der Waals surface area (Å²) in [6.45, 7) is 4.02. The summed E-state index contributed by atoms with van der Waals surface area (Å²) in [5.74, 6) is -0.148. The van der Waals surface area contributed by atoms with Gasteiger partial charge in [-0.2, -0.15) is 5.26 Å². The van der Waals surface area contributed by atoms with E-state index in [0.29, 0.717) is 31.9 Å². The third-order valence-electron chi connectivity index (χ3n) is 5.77. The molecule has 1 aromatic heterocycles. The van der Waals surface area contributed by atoms with Gasteiger partial charge in [0.05, 0.1) is 6.07 Å². The molecule has 2 N–H and O–H groups in total. The van der Waals surface area contributed by atoms with Gasteiger partial charge in [0.15, 0.2) is 0 Å². The summed E-state index contributed by atoms with van der Waals surface area (Å²) in [6.07, 6.45) is 2.29. The maximum Gasteiger partial charge on any atom is 0.325 e. The highest BCUT2D eigenvalue weighted by Crippen LogP contribution is 2.32. The summed E-state index contributed by atoms with van der Waals surface area (Å²) in [5, 5.41) is 19.7. The molecule has 0 aliphatic carbocycles. The van der Waals surface area contributed by atoms with Crippen molar-refractivity contribution in [3.8, 4) is 11.8 Å². The standard InChI is InChI=1S/C24H26N4O3/c25-9-4-10-27-11-13-28(14-12-27)23(24(29)30)21-16-26-22-8-7-19(15-20(21)22)31-17-18-5-2-1-3-6-18/h1-3,5-8,15-16,23,26H,4,10-14,17H2,(H,29,30)/t23-/m0/s1. The maximum atomic E-state index is 12.2. The number of fused-ring (bicyclic) bond motifs is 1. The van der Waals surface area contributed by atoms with Gasteiger partial charge in [0.25, 0.3) is 0 Å². The number of hydrogen-bond donors (Lipinski definition) is 2. The van der Waals surface area contributed by atoms with Crippen molar-refractivity contribution in [1.82, 2.24) is 14.8 Å². The molecule has 3 aromatic rings. The van der Waals surface area contributed by atoms with Crippen molar-refractivity contribution in [2.45, 2.75) is 19.1 Å². The average molecular weight is 418 g/mol. The number of hydrogen-bond acceptors (Lipinski definition) is 5. The van der Waals surface area contributed by atoms with Crippen molar-refractivity contribution < 1.29 is 14.6 Å². The Balaban J connectivity index is 1.52. The molecule has 0 saturated carbocycles. The number of ether oxygens (including phenoxy) is 1. The predicted octanol–water partition coefficient (Wildman–Crippen LogP) is 3.40. The van der Waals surface area contributed by atoms with Gasteiger partial charge in [-0.25, -0.2) is 0 Å². The van der Waals surface area contributed by atoms with Crippen LogP contribution in [-0.4, -0.2) is 58.6 Å². The van der Waals surface area contributed by atoms with Gasteiger partial charge in [-0.3, -0.25) is 14.6 Å². The summed E-state index contributed by atoms with van der Waals surface area (Å²) in [7, 11) is 0. The molecule has 1 atom stereocenters. The molecule has 0 amide bonds. The van der Waals surface area contributed by atoms with E-state index in [1.807, 2.05) is 53.4 Å². The Morgan fingerprint density at radius 2 is 1.94 bits per heavy atom. The summed E-state index contributed by atoms with van der Waals surface area (Å²) >= 11 is 0. The number of nitriles is 1. The van der Waals surface area contributed by atoms with E-state index in [1.165, 1.54) is 0 Å². The number of aliphatic carboxylic acids is 1. The van der Waals surface area contributed by atoms with E-state index in [0.717, 1.165) is 41.7 Å². The number of aromatic nitrogens is 1. The Labute approximate surface area is 181 Å². The molecule has 2 heterocycles. The normalized spacial score (nSPS) is 16.1. The fourth-order valence-corrected chi connectivity index (χ4v) is 4.12. The van der Waals surface area contributed by atoms with Crippen LogP contribution in [-0.2, 0) is 11.4 Å². The van der Waals surface area contributed by atoms with Crippen LogP contribution < -0.4 is 4.74 Å². The smallest absolute Gasteiger partial charge is 0.325 e. The zero-order valence-electron chi connectivity index (χ0n) is 17.3. The highest BCUT2D eigenvalue weighted by molar-refractivity contribution is 5.90. The molecule has 7 heteroatoms. The second-order valence-corrected chi connectivity index (χ2v) is 7.75. The number of carboxylic acids is 1. The number of nitrogens with zero attached hydrogens (tertiary/aromatic N) is 3. The van der Waals surface area contributed by atoms with Crippen LogP contribution in [0.25, 0.3) is 10.9 Å². The Bertz CT molecular complexity index is 1070. The van der Waals surface area contributed by atoms with E-state index in [4.69, 9.17) is 10.00 Å². The zero-order chi connectivity index (χ0) is 21.6. The molecule has 7 nitrogen and oxygen atoms in total. The molecule has 0 spiro atoms. The highest BCUT2D eigenvalue weighted by Gasteiger charge is 2.32. The lowest BCUT2D eigenvalue weighted by molar-refractivity contribution is -0.144. The lowest BCUT2D eigenvalue weighted by atomic mass is 10.0. The van der Waals surface area contributed by atoms with Gasteiger partial charge >= 0.3 is 5.97 Å². The van der Waals surface area contributed by atoms with Crippen LogP contribution in [0.2, 0.25) is 0 Å². The molecule has 1 fully saturated rings. The van der Waals surface area contributed by atoms with Crippen LogP contribution in [0.5, 0.6) is 5.75 Å². The van der Waals surface area contributed by atoms with Crippen LogP contribution in [0.1, 0.15) is 23.6 Å². The lowest BCUT2D eigenvalue weighted by Crippen LogP contribution is -2.49. The molecule has 1 aliphatic rings. The van der Waals surface area contributed by atoms with Gasteiger partial charge in [-0.15, -0.1) is 0 Å². The fraction of sp³-hybridized carbons (Fsp3) is 0.333. The molecular formula is C24H26N4O3. The van der Waals surface area contributed by atoms with E-state index in [1.54, 1.807) is 6.20 Å². The van der Waals surface area contributed by atoms with E-state index < -0.39 is 12.0 Å². The van der Waals surface area contributed by atoms with Crippen LogP contribution in [0.4, 0.5) is 0 Å². The molecule has 2 aromatic carbocycles. The molecule has 31 heavy (non-hydrogen) atoms. The molecule has 0 unspecified atom stereocenters. The third kappa shape index (κ3) is 4.88. The lowest BCUT2D eigenvalue weighted by Gasteiger charge is -2.37. The summed E-state index contributed by atoms with van der Waals surface area (Å²) in [4.78, 5) is 19.7. The molecular weight excluding hydrogens is 392 g/mol. The number of nitrogens with one attached hydrogen (secondary N) is 1. The first-order valence-electron chi connectivity index (χ1n) is 10.5. The largest absolute Gasteiger partial charge is 0.489 e. The summed E-state index contributed by atoms with van der Waals surface area (Å²) < 4.78 is 5.95. The fourth-order valence-electron chi connectivity index (χ4n) is 4.12. The Hall–Kier alpha value is -3.34. The minimum atomic E-state index is -0.859. The van der Waals surface area contributed by atoms with Crippen molar-refractivity contribution in [2.75, 3.05) is 32.7 Å². The first-order valence-corrected chi connectivity index (χ1v) is 10.5. The second-order valence-electron chi connectivity index (χ2n) is 7.75. The number of carboxylic acid groups (broad SMARTS) is 1. The van der Waals surface area contributed by atoms with Crippen molar-refractivity contribution in [3.05, 3.63) is 65.9 Å². The van der Waals surface area contributed by atoms with E-state index in [-0.39, 0.29) is 0 Å². The first-order chi connectivity index (χ1) is 15.2.